The number of nitrogens with one attached hydrogen (secondary N) is 1. The minimum Gasteiger partial charge on any atom is -0.480 e. The molecular weight excluding hydrogens is 254 g/mol. The number of aryl methyl sites for hydroxylation is 1. The van der Waals surface area contributed by atoms with Gasteiger partial charge < -0.3 is 10.1 Å². The van der Waals surface area contributed by atoms with E-state index in [0.29, 0.717) is 12.4 Å². The summed E-state index contributed by atoms with van der Waals surface area (Å²) >= 11 is 0. The minimum absolute atomic E-state index is 0.580. The van der Waals surface area contributed by atoms with Gasteiger partial charge in [0.2, 0.25) is 5.88 Å². The monoisotopic (exact) mass is 269 g/mol. The minimum atomic E-state index is 0.580. The van der Waals surface area contributed by atoms with Crippen molar-refractivity contribution in [3.8, 4) is 5.88 Å². The van der Waals surface area contributed by atoms with Crippen LogP contribution in [0, 0.1) is 6.92 Å². The Bertz CT molecular complexity index is 737. The molecule has 6 heteroatoms. The summed E-state index contributed by atoms with van der Waals surface area (Å²) in [6, 6.07) is 5.74. The van der Waals surface area contributed by atoms with Crippen LogP contribution >= 0.6 is 0 Å². The molecule has 6 nitrogen and oxygen atoms in total. The number of fused-ring (bicyclic) bond motifs is 1. The van der Waals surface area contributed by atoms with Gasteiger partial charge in [0.05, 0.1) is 18.5 Å². The average Bonchev–Trinajstić information content (AvgIpc) is 2.84. The molecule has 3 rings (SSSR count). The first-order valence-electron chi connectivity index (χ1n) is 6.30. The SMILES string of the molecule is COc1ncccc1NCc1cnc2cc(C)nn2c1. The van der Waals surface area contributed by atoms with Gasteiger partial charge in [-0.3, -0.25) is 0 Å². The third kappa shape index (κ3) is 2.40. The molecule has 3 aromatic rings. The van der Waals surface area contributed by atoms with Crippen LogP contribution in [-0.4, -0.2) is 26.7 Å². The Kier molecular flexibility index (Phi) is 3.20. The lowest BCUT2D eigenvalue weighted by Crippen LogP contribution is -2.04. The molecule has 0 amide bonds. The molecule has 1 N–H and O–H groups in total. The van der Waals surface area contributed by atoms with Crippen LogP contribution in [0.25, 0.3) is 5.65 Å². The van der Waals surface area contributed by atoms with Gasteiger partial charge in [0.1, 0.15) is 0 Å². The Morgan fingerprint density at radius 2 is 2.25 bits per heavy atom. The van der Waals surface area contributed by atoms with E-state index in [1.165, 1.54) is 0 Å². The summed E-state index contributed by atoms with van der Waals surface area (Å²) in [5.74, 6) is 0.580. The van der Waals surface area contributed by atoms with Gasteiger partial charge in [-0.1, -0.05) is 0 Å². The van der Waals surface area contributed by atoms with Crippen LogP contribution in [0.1, 0.15) is 11.3 Å². The molecule has 0 aliphatic carbocycles. The molecule has 3 heterocycles. The number of ether oxygens (including phenoxy) is 1. The zero-order valence-corrected chi connectivity index (χ0v) is 11.4. The van der Waals surface area contributed by atoms with Gasteiger partial charge >= 0.3 is 0 Å². The Labute approximate surface area is 116 Å². The second-order valence-corrected chi connectivity index (χ2v) is 4.46. The fourth-order valence-electron chi connectivity index (χ4n) is 2.01. The van der Waals surface area contributed by atoms with Gasteiger partial charge in [0.15, 0.2) is 5.65 Å². The molecule has 0 radical (unpaired) electrons. The van der Waals surface area contributed by atoms with Crippen molar-refractivity contribution in [2.75, 3.05) is 12.4 Å². The van der Waals surface area contributed by atoms with Crippen LogP contribution in [-0.2, 0) is 6.54 Å². The predicted octanol–water partition coefficient (Wildman–Crippen LogP) is 2.05. The molecule has 3 aromatic heterocycles. The summed E-state index contributed by atoms with van der Waals surface area (Å²) in [6.07, 6.45) is 5.50. The molecule has 102 valence electrons. The molecular formula is C14H15N5O. The Morgan fingerprint density at radius 3 is 3.10 bits per heavy atom. The topological polar surface area (TPSA) is 64.3 Å². The second-order valence-electron chi connectivity index (χ2n) is 4.46. The van der Waals surface area contributed by atoms with E-state index < -0.39 is 0 Å². The molecule has 0 unspecified atom stereocenters. The van der Waals surface area contributed by atoms with Crippen LogP contribution in [0.15, 0.2) is 36.8 Å². The highest BCUT2D eigenvalue weighted by Gasteiger charge is 2.04. The van der Waals surface area contributed by atoms with E-state index in [4.69, 9.17) is 4.74 Å². The second kappa shape index (κ2) is 5.16. The zero-order valence-electron chi connectivity index (χ0n) is 11.4. The third-order valence-corrected chi connectivity index (χ3v) is 2.94. The molecule has 0 fully saturated rings. The van der Waals surface area contributed by atoms with Gasteiger partial charge in [-0.2, -0.15) is 5.10 Å². The standard InChI is InChI=1S/C14H15N5O/c1-10-6-13-17-8-11(9-19(13)18-10)7-16-12-4-3-5-15-14(12)20-2/h3-6,8-9,16H,7H2,1-2H3. The van der Waals surface area contributed by atoms with Crippen LogP contribution < -0.4 is 10.1 Å². The first-order chi connectivity index (χ1) is 9.76. The maximum Gasteiger partial charge on any atom is 0.237 e. The summed E-state index contributed by atoms with van der Waals surface area (Å²) in [5.41, 5.74) is 3.69. The first kappa shape index (κ1) is 12.4. The number of pyridine rings is 1. The number of aromatic nitrogens is 4. The summed E-state index contributed by atoms with van der Waals surface area (Å²) in [5, 5.41) is 7.64. The van der Waals surface area contributed by atoms with E-state index in [-0.39, 0.29) is 0 Å². The van der Waals surface area contributed by atoms with Crippen molar-refractivity contribution < 1.29 is 4.74 Å². The molecule has 0 bridgehead atoms. The van der Waals surface area contributed by atoms with Crippen molar-refractivity contribution in [3.63, 3.8) is 0 Å². The Balaban J connectivity index is 1.79. The van der Waals surface area contributed by atoms with Crippen molar-refractivity contribution in [3.05, 3.63) is 48.0 Å². The van der Waals surface area contributed by atoms with Gasteiger partial charge in [0.25, 0.3) is 0 Å². The van der Waals surface area contributed by atoms with Crippen molar-refractivity contribution in [1.29, 1.82) is 0 Å². The van der Waals surface area contributed by atoms with Crippen molar-refractivity contribution in [1.82, 2.24) is 19.6 Å². The largest absolute Gasteiger partial charge is 0.480 e. The number of hydrogen-bond acceptors (Lipinski definition) is 5. The van der Waals surface area contributed by atoms with E-state index in [1.807, 2.05) is 37.5 Å². The predicted molar refractivity (Wildman–Crippen MR) is 75.8 cm³/mol. The van der Waals surface area contributed by atoms with Crippen molar-refractivity contribution >= 4 is 11.3 Å². The molecule has 20 heavy (non-hydrogen) atoms. The summed E-state index contributed by atoms with van der Waals surface area (Å²) in [6.45, 7) is 2.58. The normalized spacial score (nSPS) is 10.7. The molecule has 0 saturated heterocycles. The summed E-state index contributed by atoms with van der Waals surface area (Å²) in [7, 11) is 1.60. The van der Waals surface area contributed by atoms with Gasteiger partial charge in [-0.25, -0.2) is 14.5 Å². The van der Waals surface area contributed by atoms with E-state index in [9.17, 15) is 0 Å². The smallest absolute Gasteiger partial charge is 0.237 e. The molecule has 0 saturated carbocycles. The maximum absolute atomic E-state index is 5.20. The first-order valence-corrected chi connectivity index (χ1v) is 6.30. The Morgan fingerprint density at radius 1 is 1.35 bits per heavy atom. The van der Waals surface area contributed by atoms with Crippen LogP contribution in [0.2, 0.25) is 0 Å². The average molecular weight is 269 g/mol. The number of rotatable bonds is 4. The molecule has 0 spiro atoms. The number of nitrogens with zero attached hydrogens (tertiary/aromatic N) is 4. The highest BCUT2D eigenvalue weighted by Crippen LogP contribution is 2.20. The number of anilines is 1. The highest BCUT2D eigenvalue weighted by molar-refractivity contribution is 5.52. The van der Waals surface area contributed by atoms with Crippen molar-refractivity contribution in [2.24, 2.45) is 0 Å². The molecule has 0 aliphatic rings. The number of hydrogen-bond donors (Lipinski definition) is 1. The van der Waals surface area contributed by atoms with Crippen LogP contribution in [0.4, 0.5) is 5.69 Å². The van der Waals surface area contributed by atoms with Gasteiger partial charge in [-0.05, 0) is 19.1 Å². The van der Waals surface area contributed by atoms with E-state index in [0.717, 1.165) is 22.6 Å². The van der Waals surface area contributed by atoms with Gasteiger partial charge in [-0.15, -0.1) is 0 Å². The quantitative estimate of drug-likeness (QED) is 0.785. The van der Waals surface area contributed by atoms with E-state index >= 15 is 0 Å². The summed E-state index contributed by atoms with van der Waals surface area (Å²) in [4.78, 5) is 8.52. The molecule has 0 aliphatic heterocycles. The van der Waals surface area contributed by atoms with Crippen molar-refractivity contribution in [2.45, 2.75) is 13.5 Å². The fraction of sp³-hybridized carbons (Fsp3) is 0.214. The van der Waals surface area contributed by atoms with Crippen LogP contribution in [0.3, 0.4) is 0 Å². The fourth-order valence-corrected chi connectivity index (χ4v) is 2.01. The van der Waals surface area contributed by atoms with E-state index in [2.05, 4.69) is 20.4 Å². The summed E-state index contributed by atoms with van der Waals surface area (Å²) < 4.78 is 6.99. The lowest BCUT2D eigenvalue weighted by atomic mass is 10.3. The maximum atomic E-state index is 5.20. The highest BCUT2D eigenvalue weighted by atomic mass is 16.5. The number of methoxy groups -OCH3 is 1. The molecule has 0 aromatic carbocycles. The molecule has 0 atom stereocenters. The Hall–Kier alpha value is -2.63. The lowest BCUT2D eigenvalue weighted by molar-refractivity contribution is 0.399. The van der Waals surface area contributed by atoms with E-state index in [1.54, 1.807) is 17.8 Å². The third-order valence-electron chi connectivity index (χ3n) is 2.94. The van der Waals surface area contributed by atoms with Crippen LogP contribution in [0.5, 0.6) is 5.88 Å². The zero-order chi connectivity index (χ0) is 13.9. The van der Waals surface area contributed by atoms with Gasteiger partial charge in [0, 0.05) is 36.8 Å². The lowest BCUT2D eigenvalue weighted by Gasteiger charge is -2.09.